The van der Waals surface area contributed by atoms with Crippen LogP contribution in [0.3, 0.4) is 0 Å². The molecule has 0 aromatic rings. The van der Waals surface area contributed by atoms with E-state index in [0.29, 0.717) is 23.7 Å². The van der Waals surface area contributed by atoms with E-state index in [9.17, 15) is 4.79 Å². The van der Waals surface area contributed by atoms with Crippen molar-refractivity contribution < 1.29 is 4.79 Å². The molecule has 2 unspecified atom stereocenters. The van der Waals surface area contributed by atoms with Gasteiger partial charge in [0.05, 0.1) is 12.2 Å². The zero-order chi connectivity index (χ0) is 14.6. The van der Waals surface area contributed by atoms with E-state index in [2.05, 4.69) is 51.8 Å². The highest BCUT2D eigenvalue weighted by atomic mass is 16.2. The Morgan fingerprint density at radius 2 is 1.58 bits per heavy atom. The number of carbonyl (C=O) groups is 1. The Bertz CT molecular complexity index is 286. The molecule has 112 valence electrons. The molecule has 1 N–H and O–H groups in total. The normalized spacial score (nSPS) is 24.3. The van der Waals surface area contributed by atoms with Crippen LogP contribution < -0.4 is 5.32 Å². The van der Waals surface area contributed by atoms with Crippen molar-refractivity contribution in [2.75, 3.05) is 6.54 Å². The number of hydrogen-bond acceptors (Lipinski definition) is 2. The first kappa shape index (κ1) is 16.5. The van der Waals surface area contributed by atoms with Gasteiger partial charge >= 0.3 is 0 Å². The van der Waals surface area contributed by atoms with Crippen LogP contribution in [0.2, 0.25) is 0 Å². The molecule has 3 heteroatoms. The second-order valence-electron chi connectivity index (χ2n) is 7.21. The van der Waals surface area contributed by atoms with Crippen LogP contribution in [0, 0.1) is 17.8 Å². The van der Waals surface area contributed by atoms with Gasteiger partial charge in [0, 0.05) is 6.54 Å². The fraction of sp³-hybridized carbons (Fsp3) is 0.938. The Morgan fingerprint density at radius 1 is 1.00 bits per heavy atom. The molecule has 0 aromatic carbocycles. The summed E-state index contributed by atoms with van der Waals surface area (Å²) in [6.45, 7) is 14.2. The van der Waals surface area contributed by atoms with Gasteiger partial charge in [-0.1, -0.05) is 41.5 Å². The van der Waals surface area contributed by atoms with Crippen molar-refractivity contribution in [1.82, 2.24) is 10.2 Å². The third-order valence-corrected chi connectivity index (χ3v) is 3.70. The van der Waals surface area contributed by atoms with Crippen LogP contribution in [0.4, 0.5) is 0 Å². The summed E-state index contributed by atoms with van der Waals surface area (Å²) in [5.74, 6) is 2.15. The Morgan fingerprint density at radius 3 is 2.05 bits per heavy atom. The standard InChI is InChI=1S/C16H32N2O/c1-11(2)7-8-18-15(10-13(5)6)17-14(16(18)19)9-12(3)4/h11-15,17H,7-10H2,1-6H3. The number of nitrogens with one attached hydrogen (secondary N) is 1. The summed E-state index contributed by atoms with van der Waals surface area (Å²) in [4.78, 5) is 14.6. The van der Waals surface area contributed by atoms with Gasteiger partial charge in [-0.2, -0.15) is 0 Å². The molecule has 0 bridgehead atoms. The van der Waals surface area contributed by atoms with Gasteiger partial charge in [-0.25, -0.2) is 0 Å². The molecule has 1 amide bonds. The van der Waals surface area contributed by atoms with E-state index >= 15 is 0 Å². The van der Waals surface area contributed by atoms with Gasteiger partial charge in [0.25, 0.3) is 0 Å². The topological polar surface area (TPSA) is 32.3 Å². The molecule has 1 rings (SSSR count). The van der Waals surface area contributed by atoms with Crippen molar-refractivity contribution in [2.45, 2.75) is 73.0 Å². The number of carbonyl (C=O) groups excluding carboxylic acids is 1. The second kappa shape index (κ2) is 7.28. The van der Waals surface area contributed by atoms with E-state index in [0.717, 1.165) is 25.8 Å². The lowest BCUT2D eigenvalue weighted by Gasteiger charge is -2.26. The summed E-state index contributed by atoms with van der Waals surface area (Å²) in [5, 5.41) is 3.55. The molecule has 19 heavy (non-hydrogen) atoms. The molecule has 3 nitrogen and oxygen atoms in total. The van der Waals surface area contributed by atoms with Crippen molar-refractivity contribution in [3.05, 3.63) is 0 Å². The van der Waals surface area contributed by atoms with Gasteiger partial charge in [-0.3, -0.25) is 10.1 Å². The molecule has 0 saturated carbocycles. The summed E-state index contributed by atoms with van der Waals surface area (Å²) in [6.07, 6.45) is 3.34. The monoisotopic (exact) mass is 268 g/mol. The molecule has 1 aliphatic heterocycles. The Labute approximate surface area is 119 Å². The third-order valence-electron chi connectivity index (χ3n) is 3.70. The predicted octanol–water partition coefficient (Wildman–Crippen LogP) is 3.25. The van der Waals surface area contributed by atoms with Crippen LogP contribution in [0.5, 0.6) is 0 Å². The minimum absolute atomic E-state index is 0.0379. The molecule has 2 atom stereocenters. The Kier molecular flexibility index (Phi) is 6.31. The summed E-state index contributed by atoms with van der Waals surface area (Å²) in [5.41, 5.74) is 0. The summed E-state index contributed by atoms with van der Waals surface area (Å²) in [7, 11) is 0. The molecule has 1 saturated heterocycles. The smallest absolute Gasteiger partial charge is 0.241 e. The van der Waals surface area contributed by atoms with Gasteiger partial charge < -0.3 is 4.90 Å². The lowest BCUT2D eigenvalue weighted by atomic mass is 10.0. The summed E-state index contributed by atoms with van der Waals surface area (Å²) in [6, 6.07) is 0.0379. The lowest BCUT2D eigenvalue weighted by molar-refractivity contribution is -0.130. The predicted molar refractivity (Wildman–Crippen MR) is 80.8 cm³/mol. The van der Waals surface area contributed by atoms with E-state index in [1.807, 2.05) is 0 Å². The van der Waals surface area contributed by atoms with Gasteiger partial charge in [0.1, 0.15) is 0 Å². The first-order valence-corrected chi connectivity index (χ1v) is 7.87. The van der Waals surface area contributed by atoms with Crippen LogP contribution >= 0.6 is 0 Å². The average molecular weight is 268 g/mol. The maximum atomic E-state index is 12.5. The molecule has 0 spiro atoms. The quantitative estimate of drug-likeness (QED) is 0.768. The summed E-state index contributed by atoms with van der Waals surface area (Å²) < 4.78 is 0. The van der Waals surface area contributed by atoms with Gasteiger partial charge in [0.2, 0.25) is 5.91 Å². The highest BCUT2D eigenvalue weighted by molar-refractivity contribution is 5.84. The Hall–Kier alpha value is -0.570. The number of nitrogens with zero attached hydrogens (tertiary/aromatic N) is 1. The van der Waals surface area contributed by atoms with E-state index in [1.54, 1.807) is 0 Å². The molecule has 1 fully saturated rings. The number of rotatable bonds is 7. The van der Waals surface area contributed by atoms with Crippen LogP contribution in [0.1, 0.15) is 60.8 Å². The van der Waals surface area contributed by atoms with Gasteiger partial charge in [0.15, 0.2) is 0 Å². The number of hydrogen-bond donors (Lipinski definition) is 1. The van der Waals surface area contributed by atoms with Crippen LogP contribution in [0.15, 0.2) is 0 Å². The van der Waals surface area contributed by atoms with Crippen molar-refractivity contribution in [3.8, 4) is 0 Å². The van der Waals surface area contributed by atoms with Crippen molar-refractivity contribution >= 4 is 5.91 Å². The molecular formula is C16H32N2O. The molecule has 0 aromatic heterocycles. The van der Waals surface area contributed by atoms with Crippen LogP contribution in [-0.4, -0.2) is 29.6 Å². The van der Waals surface area contributed by atoms with Crippen LogP contribution in [0.25, 0.3) is 0 Å². The van der Waals surface area contributed by atoms with Gasteiger partial charge in [-0.05, 0) is 37.0 Å². The first-order valence-electron chi connectivity index (χ1n) is 7.87. The highest BCUT2D eigenvalue weighted by Crippen LogP contribution is 2.22. The fourth-order valence-corrected chi connectivity index (χ4v) is 2.69. The van der Waals surface area contributed by atoms with E-state index in [4.69, 9.17) is 0 Å². The van der Waals surface area contributed by atoms with Crippen molar-refractivity contribution in [3.63, 3.8) is 0 Å². The molecule has 1 aliphatic rings. The van der Waals surface area contributed by atoms with Crippen LogP contribution in [-0.2, 0) is 4.79 Å². The Balaban J connectivity index is 2.67. The highest BCUT2D eigenvalue weighted by Gasteiger charge is 2.38. The minimum Gasteiger partial charge on any atom is -0.326 e. The average Bonchev–Trinajstić information content (AvgIpc) is 2.51. The fourth-order valence-electron chi connectivity index (χ4n) is 2.69. The molecule has 0 radical (unpaired) electrons. The van der Waals surface area contributed by atoms with E-state index in [-0.39, 0.29) is 12.2 Å². The third kappa shape index (κ3) is 5.13. The zero-order valence-electron chi connectivity index (χ0n) is 13.6. The lowest BCUT2D eigenvalue weighted by Crippen LogP contribution is -2.39. The SMILES string of the molecule is CC(C)CCN1C(=O)C(CC(C)C)NC1CC(C)C. The largest absolute Gasteiger partial charge is 0.326 e. The maximum absolute atomic E-state index is 12.5. The maximum Gasteiger partial charge on any atom is 0.241 e. The summed E-state index contributed by atoms with van der Waals surface area (Å²) >= 11 is 0. The zero-order valence-corrected chi connectivity index (χ0v) is 13.6. The van der Waals surface area contributed by atoms with Crippen molar-refractivity contribution in [1.29, 1.82) is 0 Å². The van der Waals surface area contributed by atoms with Gasteiger partial charge in [-0.15, -0.1) is 0 Å². The van der Waals surface area contributed by atoms with E-state index < -0.39 is 0 Å². The molecule has 0 aliphatic carbocycles. The van der Waals surface area contributed by atoms with Crippen molar-refractivity contribution in [2.24, 2.45) is 17.8 Å². The molecule has 1 heterocycles. The second-order valence-corrected chi connectivity index (χ2v) is 7.21. The van der Waals surface area contributed by atoms with E-state index in [1.165, 1.54) is 0 Å². The minimum atomic E-state index is 0.0379. The number of amides is 1. The molecular weight excluding hydrogens is 236 g/mol. The first-order chi connectivity index (χ1) is 8.81.